The molecule has 1 rings (SSSR count). The summed E-state index contributed by atoms with van der Waals surface area (Å²) in [6, 6.07) is 5.86. The van der Waals surface area contributed by atoms with E-state index in [-0.39, 0.29) is 18.1 Å². The molecule has 0 saturated heterocycles. The summed E-state index contributed by atoms with van der Waals surface area (Å²) >= 11 is 0. The Morgan fingerprint density at radius 3 is 2.63 bits per heavy atom. The van der Waals surface area contributed by atoms with Crippen LogP contribution in [0.1, 0.15) is 36.7 Å². The van der Waals surface area contributed by atoms with Crippen LogP contribution in [0.3, 0.4) is 0 Å². The fourth-order valence-corrected chi connectivity index (χ4v) is 1.75. The summed E-state index contributed by atoms with van der Waals surface area (Å²) in [4.78, 5) is 11.8. The molecular weight excluding hydrogens is 240 g/mol. The van der Waals surface area contributed by atoms with Crippen LogP contribution in [-0.2, 0) is 4.74 Å². The fourth-order valence-electron chi connectivity index (χ4n) is 1.75. The molecule has 2 N–H and O–H groups in total. The Morgan fingerprint density at radius 2 is 2.05 bits per heavy atom. The summed E-state index contributed by atoms with van der Waals surface area (Å²) in [5.41, 5.74) is 2.76. The van der Waals surface area contributed by atoms with Gasteiger partial charge in [-0.15, -0.1) is 0 Å². The molecule has 4 heteroatoms. The number of rotatable bonds is 6. The van der Waals surface area contributed by atoms with Crippen molar-refractivity contribution in [2.24, 2.45) is 0 Å². The van der Waals surface area contributed by atoms with E-state index in [4.69, 9.17) is 4.74 Å². The molecule has 106 valence electrons. The Hall–Kier alpha value is -1.55. The molecule has 2 atom stereocenters. The topological polar surface area (TPSA) is 50.4 Å². The number of ether oxygens (including phenoxy) is 1. The maximum absolute atomic E-state index is 11.8. The first-order valence-corrected chi connectivity index (χ1v) is 6.67. The first-order chi connectivity index (χ1) is 8.99. The molecule has 1 aromatic rings. The molecule has 0 aromatic heterocycles. The molecule has 0 bridgehead atoms. The van der Waals surface area contributed by atoms with Gasteiger partial charge in [0.15, 0.2) is 0 Å². The third-order valence-corrected chi connectivity index (χ3v) is 3.30. The van der Waals surface area contributed by atoms with Crippen molar-refractivity contribution in [3.8, 4) is 0 Å². The van der Waals surface area contributed by atoms with Gasteiger partial charge in [-0.2, -0.15) is 0 Å². The minimum absolute atomic E-state index is 0.0435. The van der Waals surface area contributed by atoms with Crippen molar-refractivity contribution in [3.05, 3.63) is 29.3 Å². The van der Waals surface area contributed by atoms with Gasteiger partial charge < -0.3 is 15.4 Å². The maximum atomic E-state index is 11.8. The van der Waals surface area contributed by atoms with E-state index in [0.717, 1.165) is 11.3 Å². The van der Waals surface area contributed by atoms with Gasteiger partial charge in [0.25, 0.3) is 5.91 Å². The Kier molecular flexibility index (Phi) is 5.83. The third-order valence-electron chi connectivity index (χ3n) is 3.30. The average molecular weight is 264 g/mol. The van der Waals surface area contributed by atoms with Gasteiger partial charge in [0.1, 0.15) is 0 Å². The minimum Gasteiger partial charge on any atom is -0.380 e. The van der Waals surface area contributed by atoms with Gasteiger partial charge in [-0.25, -0.2) is 0 Å². The van der Waals surface area contributed by atoms with Crippen molar-refractivity contribution < 1.29 is 9.53 Å². The number of aryl methyl sites for hydroxylation is 1. The molecule has 1 amide bonds. The highest BCUT2D eigenvalue weighted by Gasteiger charge is 2.13. The van der Waals surface area contributed by atoms with Crippen molar-refractivity contribution in [1.29, 1.82) is 0 Å². The van der Waals surface area contributed by atoms with Crippen LogP contribution in [0.25, 0.3) is 0 Å². The van der Waals surface area contributed by atoms with Crippen molar-refractivity contribution >= 4 is 11.6 Å². The zero-order chi connectivity index (χ0) is 14.4. The van der Waals surface area contributed by atoms with Crippen molar-refractivity contribution in [2.75, 3.05) is 19.0 Å². The number of anilines is 1. The Morgan fingerprint density at radius 1 is 1.37 bits per heavy atom. The monoisotopic (exact) mass is 264 g/mol. The van der Waals surface area contributed by atoms with Crippen LogP contribution in [0, 0.1) is 6.92 Å². The van der Waals surface area contributed by atoms with Crippen LogP contribution in [0.4, 0.5) is 5.69 Å². The predicted molar refractivity (Wildman–Crippen MR) is 78.7 cm³/mol. The van der Waals surface area contributed by atoms with E-state index < -0.39 is 0 Å². The maximum Gasteiger partial charge on any atom is 0.251 e. The molecular formula is C15H24N2O2. The van der Waals surface area contributed by atoms with Crippen LogP contribution in [0.15, 0.2) is 18.2 Å². The Balaban J connectivity index is 2.88. The lowest BCUT2D eigenvalue weighted by Gasteiger charge is -2.22. The SMILES string of the molecule is CCNC(=O)c1ccc(C)c(NC(C)C(C)OC)c1. The summed E-state index contributed by atoms with van der Waals surface area (Å²) in [6.07, 6.45) is 0.104. The van der Waals surface area contributed by atoms with Crippen LogP contribution in [-0.4, -0.2) is 31.7 Å². The van der Waals surface area contributed by atoms with Crippen molar-refractivity contribution in [3.63, 3.8) is 0 Å². The molecule has 0 spiro atoms. The second-order valence-corrected chi connectivity index (χ2v) is 4.76. The minimum atomic E-state index is -0.0435. The van der Waals surface area contributed by atoms with E-state index in [1.165, 1.54) is 0 Å². The quantitative estimate of drug-likeness (QED) is 0.830. The molecule has 0 aliphatic heterocycles. The molecule has 0 fully saturated rings. The molecule has 1 aromatic carbocycles. The standard InChI is InChI=1S/C15H24N2O2/c1-6-16-15(18)13-8-7-10(2)14(9-13)17-11(3)12(4)19-5/h7-9,11-12,17H,6H2,1-5H3,(H,16,18). The van der Waals surface area contributed by atoms with E-state index in [0.29, 0.717) is 12.1 Å². The second-order valence-electron chi connectivity index (χ2n) is 4.76. The van der Waals surface area contributed by atoms with Gasteiger partial charge in [-0.05, 0) is 45.4 Å². The van der Waals surface area contributed by atoms with Gasteiger partial charge in [-0.3, -0.25) is 4.79 Å². The smallest absolute Gasteiger partial charge is 0.251 e. The highest BCUT2D eigenvalue weighted by molar-refractivity contribution is 5.95. The summed E-state index contributed by atoms with van der Waals surface area (Å²) in [7, 11) is 1.70. The van der Waals surface area contributed by atoms with Crippen molar-refractivity contribution in [2.45, 2.75) is 39.8 Å². The predicted octanol–water partition coefficient (Wildman–Crippen LogP) is 2.58. The first kappa shape index (κ1) is 15.5. The summed E-state index contributed by atoms with van der Waals surface area (Å²) < 4.78 is 5.30. The molecule has 0 aliphatic carbocycles. The zero-order valence-corrected chi connectivity index (χ0v) is 12.4. The Bertz CT molecular complexity index is 432. The lowest BCUT2D eigenvalue weighted by molar-refractivity contribution is 0.0956. The number of nitrogens with one attached hydrogen (secondary N) is 2. The largest absolute Gasteiger partial charge is 0.380 e. The number of carbonyl (C=O) groups is 1. The second kappa shape index (κ2) is 7.14. The number of methoxy groups -OCH3 is 1. The van der Waals surface area contributed by atoms with Gasteiger partial charge in [0, 0.05) is 30.9 Å². The third kappa shape index (κ3) is 4.24. The van der Waals surface area contributed by atoms with Crippen LogP contribution in [0.2, 0.25) is 0 Å². The van der Waals surface area contributed by atoms with E-state index in [2.05, 4.69) is 17.6 Å². The van der Waals surface area contributed by atoms with Gasteiger partial charge >= 0.3 is 0 Å². The normalized spacial score (nSPS) is 13.7. The molecule has 0 saturated carbocycles. The van der Waals surface area contributed by atoms with E-state index in [9.17, 15) is 4.79 Å². The number of amides is 1. The number of benzene rings is 1. The molecule has 4 nitrogen and oxygen atoms in total. The number of hydrogen-bond acceptors (Lipinski definition) is 3. The van der Waals surface area contributed by atoms with Crippen molar-refractivity contribution in [1.82, 2.24) is 5.32 Å². The van der Waals surface area contributed by atoms with Crippen LogP contribution < -0.4 is 10.6 Å². The van der Waals surface area contributed by atoms with Gasteiger partial charge in [-0.1, -0.05) is 6.07 Å². The van der Waals surface area contributed by atoms with Crippen LogP contribution in [0.5, 0.6) is 0 Å². The molecule has 0 radical (unpaired) electrons. The lowest BCUT2D eigenvalue weighted by Crippen LogP contribution is -2.30. The molecule has 0 heterocycles. The first-order valence-electron chi connectivity index (χ1n) is 6.67. The molecule has 2 unspecified atom stereocenters. The zero-order valence-electron chi connectivity index (χ0n) is 12.4. The van der Waals surface area contributed by atoms with E-state index in [1.54, 1.807) is 7.11 Å². The Labute approximate surface area is 115 Å². The van der Waals surface area contributed by atoms with E-state index in [1.807, 2.05) is 39.0 Å². The highest BCUT2D eigenvalue weighted by atomic mass is 16.5. The van der Waals surface area contributed by atoms with E-state index >= 15 is 0 Å². The summed E-state index contributed by atoms with van der Waals surface area (Å²) in [5, 5.41) is 6.20. The van der Waals surface area contributed by atoms with Crippen LogP contribution >= 0.6 is 0 Å². The fraction of sp³-hybridized carbons (Fsp3) is 0.533. The molecule has 0 aliphatic rings. The average Bonchev–Trinajstić information content (AvgIpc) is 2.40. The highest BCUT2D eigenvalue weighted by Crippen LogP contribution is 2.19. The van der Waals surface area contributed by atoms with Gasteiger partial charge in [0.2, 0.25) is 0 Å². The number of hydrogen-bond donors (Lipinski definition) is 2. The number of carbonyl (C=O) groups excluding carboxylic acids is 1. The summed E-state index contributed by atoms with van der Waals surface area (Å²) in [6.45, 7) is 8.64. The molecule has 19 heavy (non-hydrogen) atoms. The summed E-state index contributed by atoms with van der Waals surface area (Å²) in [5.74, 6) is -0.0435. The van der Waals surface area contributed by atoms with Gasteiger partial charge in [0.05, 0.1) is 6.10 Å². The lowest BCUT2D eigenvalue weighted by atomic mass is 10.1.